The van der Waals surface area contributed by atoms with Crippen LogP contribution in [0.3, 0.4) is 0 Å². The number of ether oxygens (including phenoxy) is 4. The number of hydrogen-bond acceptors (Lipinski definition) is 8. The molecule has 10 atom stereocenters. The quantitative estimate of drug-likeness (QED) is 0.491. The molecule has 184 valence electrons. The van der Waals surface area contributed by atoms with Crippen LogP contribution < -0.4 is 0 Å². The van der Waals surface area contributed by atoms with Gasteiger partial charge in [-0.25, -0.2) is 4.79 Å². The highest BCUT2D eigenvalue weighted by atomic mass is 16.7. The molecule has 5 heterocycles. The van der Waals surface area contributed by atoms with Crippen molar-refractivity contribution in [1.82, 2.24) is 0 Å². The van der Waals surface area contributed by atoms with E-state index >= 15 is 0 Å². The molecule has 1 N–H and O–H groups in total. The smallest absolute Gasteiger partial charge is 0.339 e. The summed E-state index contributed by atoms with van der Waals surface area (Å²) in [7, 11) is 0. The summed E-state index contributed by atoms with van der Waals surface area (Å²) in [6.07, 6.45) is 3.27. The number of esters is 2. The van der Waals surface area contributed by atoms with Crippen LogP contribution in [0.1, 0.15) is 65.0 Å². The lowest BCUT2D eigenvalue weighted by molar-refractivity contribution is -0.261. The van der Waals surface area contributed by atoms with Crippen LogP contribution in [0.15, 0.2) is 23.0 Å². The van der Waals surface area contributed by atoms with Gasteiger partial charge in [-0.3, -0.25) is 4.79 Å². The molecule has 2 saturated carbocycles. The average molecular weight is 473 g/mol. The molecule has 0 amide bonds. The van der Waals surface area contributed by atoms with Gasteiger partial charge in [-0.05, 0) is 45.1 Å². The minimum Gasteiger partial charge on any atom is -0.472 e. The number of aliphatic hydroxyl groups is 1. The zero-order chi connectivity index (χ0) is 23.9. The van der Waals surface area contributed by atoms with E-state index in [0.717, 1.165) is 18.4 Å². The molecule has 6 aliphatic rings. The van der Waals surface area contributed by atoms with E-state index in [1.165, 1.54) is 0 Å². The molecule has 7 rings (SSSR count). The lowest BCUT2D eigenvalue weighted by Crippen LogP contribution is -2.73. The maximum absolute atomic E-state index is 13.2. The lowest BCUT2D eigenvalue weighted by atomic mass is 9.36. The molecule has 8 nitrogen and oxygen atoms in total. The van der Waals surface area contributed by atoms with E-state index in [2.05, 4.69) is 27.7 Å². The van der Waals surface area contributed by atoms with Gasteiger partial charge in [0.25, 0.3) is 0 Å². The van der Waals surface area contributed by atoms with Crippen LogP contribution in [0.4, 0.5) is 0 Å². The van der Waals surface area contributed by atoms with Crippen molar-refractivity contribution < 1.29 is 38.1 Å². The van der Waals surface area contributed by atoms with E-state index in [1.807, 2.05) is 6.07 Å². The van der Waals surface area contributed by atoms with Crippen LogP contribution in [0.2, 0.25) is 0 Å². The topological polar surface area (TPSA) is 108 Å². The van der Waals surface area contributed by atoms with Gasteiger partial charge in [0.15, 0.2) is 6.10 Å². The third kappa shape index (κ3) is 2.07. The number of epoxide rings is 1. The summed E-state index contributed by atoms with van der Waals surface area (Å²) in [5.74, 6) is -0.625. The van der Waals surface area contributed by atoms with Gasteiger partial charge in [0, 0.05) is 27.7 Å². The van der Waals surface area contributed by atoms with Crippen molar-refractivity contribution in [3.8, 4) is 0 Å². The summed E-state index contributed by atoms with van der Waals surface area (Å²) in [4.78, 5) is 25.5. The molecular formula is C26H32O8. The van der Waals surface area contributed by atoms with E-state index in [4.69, 9.17) is 23.4 Å². The molecule has 6 fully saturated rings. The Kier molecular flexibility index (Phi) is 3.82. The third-order valence-electron chi connectivity index (χ3n) is 11.0. The van der Waals surface area contributed by atoms with E-state index in [9.17, 15) is 14.7 Å². The van der Waals surface area contributed by atoms with Crippen molar-refractivity contribution in [3.05, 3.63) is 24.2 Å². The summed E-state index contributed by atoms with van der Waals surface area (Å²) in [6.45, 7) is 8.63. The second-order valence-electron chi connectivity index (χ2n) is 12.4. The molecule has 4 unspecified atom stereocenters. The number of carbonyl (C=O) groups excluding carboxylic acids is 2. The van der Waals surface area contributed by atoms with Gasteiger partial charge in [-0.1, -0.05) is 13.8 Å². The first-order chi connectivity index (χ1) is 16.0. The first-order valence-electron chi connectivity index (χ1n) is 12.4. The number of furan rings is 1. The number of cyclic esters (lactones) is 2. The first kappa shape index (κ1) is 21.4. The predicted octanol–water partition coefficient (Wildman–Crippen LogP) is 2.93. The van der Waals surface area contributed by atoms with Crippen LogP contribution in [-0.2, 0) is 28.5 Å². The van der Waals surface area contributed by atoms with E-state index < -0.39 is 45.8 Å². The number of aliphatic hydroxyl groups excluding tert-OH is 1. The van der Waals surface area contributed by atoms with Gasteiger partial charge in [0.2, 0.25) is 0 Å². The Morgan fingerprint density at radius 1 is 1.06 bits per heavy atom. The molecular weight excluding hydrogens is 440 g/mol. The Hall–Kier alpha value is -1.90. The predicted molar refractivity (Wildman–Crippen MR) is 115 cm³/mol. The zero-order valence-corrected chi connectivity index (χ0v) is 20.0. The normalized spacial score (nSPS) is 54.5. The highest BCUT2D eigenvalue weighted by Gasteiger charge is 2.89. The van der Waals surface area contributed by atoms with Crippen molar-refractivity contribution in [3.63, 3.8) is 0 Å². The fraction of sp³-hybridized carbons (Fsp3) is 0.769. The van der Waals surface area contributed by atoms with Crippen LogP contribution in [0, 0.1) is 28.1 Å². The van der Waals surface area contributed by atoms with Gasteiger partial charge in [0.05, 0.1) is 36.8 Å². The monoisotopic (exact) mass is 472 g/mol. The van der Waals surface area contributed by atoms with Crippen LogP contribution in [0.25, 0.3) is 0 Å². The van der Waals surface area contributed by atoms with Crippen molar-refractivity contribution in [2.75, 3.05) is 6.61 Å². The standard InChI is InChI=1S/C26H32O8/c1-22(2)15-9-16(27)24(4)14(25(15)12-31-18(28)10-17(25)33-22)5-7-23(3)19(13-6-8-30-11-13)32-21(29)20-26(23,24)34-20/h6,8,11,14-17,19-20,27H,5,7,9-10,12H2,1-4H3/t14?,15?,16-,17?,19+,20-,23+,24+,25?,26-/m1/s1. The summed E-state index contributed by atoms with van der Waals surface area (Å²) < 4.78 is 30.0. The Morgan fingerprint density at radius 3 is 2.59 bits per heavy atom. The Morgan fingerprint density at radius 2 is 1.85 bits per heavy atom. The molecule has 0 bridgehead atoms. The highest BCUT2D eigenvalue weighted by Crippen LogP contribution is 2.80. The van der Waals surface area contributed by atoms with E-state index in [0.29, 0.717) is 6.42 Å². The van der Waals surface area contributed by atoms with Gasteiger partial charge in [-0.2, -0.15) is 0 Å². The Balaban J connectivity index is 1.40. The number of hydrogen-bond donors (Lipinski definition) is 1. The van der Waals surface area contributed by atoms with Gasteiger partial charge >= 0.3 is 11.9 Å². The second kappa shape index (κ2) is 6.08. The van der Waals surface area contributed by atoms with Crippen molar-refractivity contribution >= 4 is 11.9 Å². The highest BCUT2D eigenvalue weighted by molar-refractivity contribution is 5.82. The molecule has 2 spiro atoms. The van der Waals surface area contributed by atoms with Crippen molar-refractivity contribution in [2.45, 2.75) is 89.0 Å². The van der Waals surface area contributed by atoms with Gasteiger partial charge in [0.1, 0.15) is 18.3 Å². The summed E-state index contributed by atoms with van der Waals surface area (Å²) >= 11 is 0. The largest absolute Gasteiger partial charge is 0.472 e. The number of rotatable bonds is 1. The second-order valence-corrected chi connectivity index (χ2v) is 12.4. The first-order valence-corrected chi connectivity index (χ1v) is 12.4. The van der Waals surface area contributed by atoms with Crippen LogP contribution >= 0.6 is 0 Å². The summed E-state index contributed by atoms with van der Waals surface area (Å²) in [5, 5.41) is 11.9. The maximum Gasteiger partial charge on any atom is 0.339 e. The fourth-order valence-corrected chi connectivity index (χ4v) is 9.62. The summed E-state index contributed by atoms with van der Waals surface area (Å²) in [5.41, 5.74) is -2.27. The zero-order valence-electron chi connectivity index (χ0n) is 20.0. The third-order valence-corrected chi connectivity index (χ3v) is 11.0. The minimum absolute atomic E-state index is 0.0318. The molecule has 0 aromatic carbocycles. The molecule has 34 heavy (non-hydrogen) atoms. The summed E-state index contributed by atoms with van der Waals surface area (Å²) in [6, 6.07) is 1.84. The van der Waals surface area contributed by atoms with E-state index in [-0.39, 0.29) is 42.9 Å². The SMILES string of the molecule is CC1(C)OC2CC(=O)OCC23C1C[C@@H](O)[C@]1(C)C3CC[C@@]2(C)[C@H](c3ccoc3)OC(=O)[C@H]3O[C@]321. The van der Waals surface area contributed by atoms with Crippen LogP contribution in [-0.4, -0.2) is 53.2 Å². The van der Waals surface area contributed by atoms with Gasteiger partial charge in [-0.15, -0.1) is 0 Å². The number of fused-ring (bicyclic) bond motifs is 1. The maximum atomic E-state index is 13.2. The van der Waals surface area contributed by atoms with Gasteiger partial charge < -0.3 is 28.5 Å². The molecule has 8 heteroatoms. The Labute approximate surface area is 198 Å². The van der Waals surface area contributed by atoms with Crippen molar-refractivity contribution in [2.24, 2.45) is 28.1 Å². The van der Waals surface area contributed by atoms with E-state index in [1.54, 1.807) is 12.5 Å². The van der Waals surface area contributed by atoms with Crippen molar-refractivity contribution in [1.29, 1.82) is 0 Å². The van der Waals surface area contributed by atoms with Crippen LogP contribution in [0.5, 0.6) is 0 Å². The molecule has 4 saturated heterocycles. The lowest BCUT2D eigenvalue weighted by Gasteiger charge is -2.67. The number of carbonyl (C=O) groups is 2. The molecule has 1 aromatic heterocycles. The molecule has 0 radical (unpaired) electrons. The molecule has 2 aliphatic carbocycles. The Bertz CT molecular complexity index is 1080. The average Bonchev–Trinajstić information content (AvgIpc) is 3.26. The molecule has 4 aliphatic heterocycles. The minimum atomic E-state index is -0.877. The molecule has 1 aromatic rings. The fourth-order valence-electron chi connectivity index (χ4n) is 9.62.